The molecule has 12 heteroatoms. The van der Waals surface area contributed by atoms with E-state index >= 15 is 0 Å². The van der Waals surface area contributed by atoms with Crippen molar-refractivity contribution in [2.45, 2.75) is 37.4 Å². The van der Waals surface area contributed by atoms with Gasteiger partial charge in [-0.1, -0.05) is 0 Å². The van der Waals surface area contributed by atoms with Crippen LogP contribution in [-0.4, -0.2) is 77.2 Å². The summed E-state index contributed by atoms with van der Waals surface area (Å²) < 4.78 is 0. The van der Waals surface area contributed by atoms with Crippen molar-refractivity contribution in [1.29, 1.82) is 0 Å². The van der Waals surface area contributed by atoms with Crippen LogP contribution in [0.3, 0.4) is 0 Å². The predicted octanol–water partition coefficient (Wildman–Crippen LogP) is -2.83. The molecule has 3 atom stereocenters. The van der Waals surface area contributed by atoms with Gasteiger partial charge in [0.1, 0.15) is 12.1 Å². The minimum absolute atomic E-state index is 0.0805. The Morgan fingerprint density at radius 1 is 1.12 bits per heavy atom. The molecule has 0 aromatic rings. The Bertz CT molecular complexity index is 500. The van der Waals surface area contributed by atoms with Crippen molar-refractivity contribution in [3.63, 3.8) is 0 Å². The lowest BCUT2D eigenvalue weighted by atomic mass is 10.1. The zero-order valence-electron chi connectivity index (χ0n) is 14.7. The number of rotatable bonds is 13. The molecule has 0 heterocycles. The molecule has 0 saturated carbocycles. The fourth-order valence-electron chi connectivity index (χ4n) is 1.88. The Morgan fingerprint density at radius 2 is 1.73 bits per heavy atom. The number of aliphatic hydroxyl groups excluding tert-OH is 1. The van der Waals surface area contributed by atoms with Gasteiger partial charge >= 0.3 is 5.97 Å². The number of thioether (sulfide) groups is 1. The number of hydrogen-bond acceptors (Lipinski definition) is 7. The second-order valence-electron chi connectivity index (χ2n) is 5.48. The molecule has 2 amide bonds. The topological polar surface area (TPSA) is 206 Å². The summed E-state index contributed by atoms with van der Waals surface area (Å²) in [6, 6.07) is -3.31. The molecular formula is C14H28N6O5S. The van der Waals surface area contributed by atoms with E-state index in [4.69, 9.17) is 17.2 Å². The van der Waals surface area contributed by atoms with E-state index in [-0.39, 0.29) is 18.9 Å². The number of carbonyl (C=O) groups is 3. The molecule has 0 fully saturated rings. The Balaban J connectivity index is 4.64. The molecule has 10 N–H and O–H groups in total. The number of aliphatic imine (C=N–C) groups is 1. The maximum Gasteiger partial charge on any atom is 0.326 e. The molecule has 0 bridgehead atoms. The minimum atomic E-state index is -1.29. The first kappa shape index (κ1) is 23.9. The van der Waals surface area contributed by atoms with Crippen LogP contribution in [0, 0.1) is 0 Å². The van der Waals surface area contributed by atoms with Crippen molar-refractivity contribution < 1.29 is 24.6 Å². The Hall–Kier alpha value is -2.05. The van der Waals surface area contributed by atoms with E-state index in [1.807, 2.05) is 6.26 Å². The number of hydrogen-bond donors (Lipinski definition) is 7. The van der Waals surface area contributed by atoms with Crippen LogP contribution in [0.1, 0.15) is 19.3 Å². The van der Waals surface area contributed by atoms with Crippen LogP contribution < -0.4 is 27.8 Å². The minimum Gasteiger partial charge on any atom is -0.480 e. The third-order valence-corrected chi connectivity index (χ3v) is 3.99. The van der Waals surface area contributed by atoms with Crippen LogP contribution in [0.2, 0.25) is 0 Å². The normalized spacial score (nSPS) is 14.0. The average molecular weight is 392 g/mol. The number of carboxylic acid groups (broad SMARTS) is 1. The van der Waals surface area contributed by atoms with Gasteiger partial charge in [0, 0.05) is 6.54 Å². The number of nitrogens with zero attached hydrogens (tertiary/aromatic N) is 1. The molecule has 3 unspecified atom stereocenters. The van der Waals surface area contributed by atoms with E-state index < -0.39 is 42.5 Å². The van der Waals surface area contributed by atoms with Crippen LogP contribution in [0.4, 0.5) is 0 Å². The van der Waals surface area contributed by atoms with Crippen molar-refractivity contribution in [2.75, 3.05) is 25.2 Å². The van der Waals surface area contributed by atoms with E-state index in [1.54, 1.807) is 0 Å². The summed E-state index contributed by atoms with van der Waals surface area (Å²) in [4.78, 5) is 39.0. The second kappa shape index (κ2) is 13.2. The zero-order valence-corrected chi connectivity index (χ0v) is 15.5. The van der Waals surface area contributed by atoms with Gasteiger partial charge in [-0.25, -0.2) is 4.79 Å². The van der Waals surface area contributed by atoms with Crippen molar-refractivity contribution in [3.8, 4) is 0 Å². The lowest BCUT2D eigenvalue weighted by Gasteiger charge is -2.21. The molecule has 26 heavy (non-hydrogen) atoms. The maximum absolute atomic E-state index is 12.1. The summed E-state index contributed by atoms with van der Waals surface area (Å²) in [5.41, 5.74) is 16.0. The van der Waals surface area contributed by atoms with E-state index in [2.05, 4.69) is 15.6 Å². The highest BCUT2D eigenvalue weighted by Crippen LogP contribution is 2.01. The van der Waals surface area contributed by atoms with E-state index in [0.29, 0.717) is 18.6 Å². The highest BCUT2D eigenvalue weighted by molar-refractivity contribution is 7.98. The largest absolute Gasteiger partial charge is 0.480 e. The second-order valence-corrected chi connectivity index (χ2v) is 6.47. The number of nitrogens with one attached hydrogen (secondary N) is 2. The first-order chi connectivity index (χ1) is 12.2. The van der Waals surface area contributed by atoms with Crippen LogP contribution in [0.15, 0.2) is 4.99 Å². The van der Waals surface area contributed by atoms with Gasteiger partial charge in [0.05, 0.1) is 12.6 Å². The molecule has 0 radical (unpaired) electrons. The fourth-order valence-corrected chi connectivity index (χ4v) is 2.37. The average Bonchev–Trinajstić information content (AvgIpc) is 2.58. The van der Waals surface area contributed by atoms with E-state index in [9.17, 15) is 24.6 Å². The highest BCUT2D eigenvalue weighted by Gasteiger charge is 2.27. The number of carboxylic acids is 1. The number of amides is 2. The smallest absolute Gasteiger partial charge is 0.326 e. The lowest BCUT2D eigenvalue weighted by Crippen LogP contribution is -2.55. The van der Waals surface area contributed by atoms with Gasteiger partial charge in [0.25, 0.3) is 0 Å². The number of aliphatic hydroxyl groups is 1. The molecule has 0 spiro atoms. The number of carbonyl (C=O) groups excluding carboxylic acids is 2. The van der Waals surface area contributed by atoms with Gasteiger partial charge in [-0.2, -0.15) is 11.8 Å². The summed E-state index contributed by atoms with van der Waals surface area (Å²) >= 11 is 1.52. The van der Waals surface area contributed by atoms with Crippen LogP contribution in [-0.2, 0) is 14.4 Å². The predicted molar refractivity (Wildman–Crippen MR) is 99.5 cm³/mol. The van der Waals surface area contributed by atoms with Crippen molar-refractivity contribution in [3.05, 3.63) is 0 Å². The zero-order chi connectivity index (χ0) is 20.1. The summed E-state index contributed by atoms with van der Waals surface area (Å²) in [6.07, 6.45) is 2.69. The standard InChI is InChI=1S/C14H28N6O5S/c1-26-6-4-8(15)11(22)20-10(7-21)12(23)19-9(13(24)25)3-2-5-18-14(16)17/h8-10,21H,2-7,15H2,1H3,(H,19,23)(H,20,22)(H,24,25)(H4,16,17,18). The molecule has 0 aliphatic rings. The van der Waals surface area contributed by atoms with Gasteiger partial charge in [0.15, 0.2) is 5.96 Å². The maximum atomic E-state index is 12.1. The molecule has 0 aromatic heterocycles. The third-order valence-electron chi connectivity index (χ3n) is 3.35. The Kier molecular flexibility index (Phi) is 12.2. The SMILES string of the molecule is CSCCC(N)C(=O)NC(CO)C(=O)NC(CCCN=C(N)N)C(=O)O. The van der Waals surface area contributed by atoms with Gasteiger partial charge in [-0.05, 0) is 31.3 Å². The van der Waals surface area contributed by atoms with Crippen molar-refractivity contribution in [1.82, 2.24) is 10.6 Å². The molecule has 150 valence electrons. The lowest BCUT2D eigenvalue weighted by molar-refractivity contribution is -0.142. The van der Waals surface area contributed by atoms with Crippen LogP contribution >= 0.6 is 11.8 Å². The Labute approximate surface area is 156 Å². The quantitative estimate of drug-likeness (QED) is 0.0977. The summed E-state index contributed by atoms with van der Waals surface area (Å²) in [6.45, 7) is -0.473. The van der Waals surface area contributed by atoms with Gasteiger partial charge in [-0.3, -0.25) is 14.6 Å². The van der Waals surface area contributed by atoms with Crippen molar-refractivity contribution >= 4 is 35.5 Å². The Morgan fingerprint density at radius 3 is 2.23 bits per heavy atom. The molecule has 0 aliphatic heterocycles. The first-order valence-corrected chi connectivity index (χ1v) is 9.36. The molecule has 0 rings (SSSR count). The van der Waals surface area contributed by atoms with Gasteiger partial charge < -0.3 is 38.0 Å². The highest BCUT2D eigenvalue weighted by atomic mass is 32.2. The number of aliphatic carboxylic acids is 1. The number of guanidine groups is 1. The van der Waals surface area contributed by atoms with Crippen molar-refractivity contribution in [2.24, 2.45) is 22.2 Å². The molecule has 0 saturated heterocycles. The third kappa shape index (κ3) is 10.1. The van der Waals surface area contributed by atoms with Gasteiger partial charge in [-0.15, -0.1) is 0 Å². The summed E-state index contributed by atoms with van der Waals surface area (Å²) in [5.74, 6) is -2.09. The summed E-state index contributed by atoms with van der Waals surface area (Å²) in [7, 11) is 0. The molecular weight excluding hydrogens is 364 g/mol. The van der Waals surface area contributed by atoms with E-state index in [1.165, 1.54) is 11.8 Å². The van der Waals surface area contributed by atoms with E-state index in [0.717, 1.165) is 0 Å². The van der Waals surface area contributed by atoms with Crippen LogP contribution in [0.25, 0.3) is 0 Å². The van der Waals surface area contributed by atoms with Crippen LogP contribution in [0.5, 0.6) is 0 Å². The molecule has 0 aromatic carbocycles. The van der Waals surface area contributed by atoms with Gasteiger partial charge in [0.2, 0.25) is 11.8 Å². The molecule has 11 nitrogen and oxygen atoms in total. The number of nitrogens with two attached hydrogens (primary N) is 3. The fraction of sp³-hybridized carbons (Fsp3) is 0.714. The molecule has 0 aliphatic carbocycles. The monoisotopic (exact) mass is 392 g/mol. The summed E-state index contributed by atoms with van der Waals surface area (Å²) in [5, 5.41) is 23.1. The first-order valence-electron chi connectivity index (χ1n) is 7.97.